The van der Waals surface area contributed by atoms with Gasteiger partial charge < -0.3 is 9.80 Å². The van der Waals surface area contributed by atoms with E-state index in [-0.39, 0.29) is 0 Å². The highest BCUT2D eigenvalue weighted by molar-refractivity contribution is 4.97. The summed E-state index contributed by atoms with van der Waals surface area (Å²) < 4.78 is 0. The lowest BCUT2D eigenvalue weighted by atomic mass is 10.0. The van der Waals surface area contributed by atoms with E-state index in [0.717, 1.165) is 0 Å². The Morgan fingerprint density at radius 2 is 0.548 bits per heavy atom. The van der Waals surface area contributed by atoms with Gasteiger partial charge in [-0.2, -0.15) is 0 Å². The van der Waals surface area contributed by atoms with Crippen LogP contribution in [0.4, 0.5) is 0 Å². The molecule has 2 nitrogen and oxygen atoms in total. The highest BCUT2D eigenvalue weighted by atomic mass is 15.4. The Morgan fingerprint density at radius 1 is 0.310 bits per heavy atom. The highest BCUT2D eigenvalue weighted by Gasteiger charge is 2.24. The van der Waals surface area contributed by atoms with Crippen molar-refractivity contribution in [3.63, 3.8) is 0 Å². The number of rotatable bonds is 34. The van der Waals surface area contributed by atoms with Crippen LogP contribution in [-0.2, 0) is 0 Å². The number of hydrogen-bond acceptors (Lipinski definition) is 2. The fourth-order valence-corrected chi connectivity index (χ4v) is 6.89. The van der Waals surface area contributed by atoms with E-state index < -0.39 is 0 Å². The van der Waals surface area contributed by atoms with Crippen molar-refractivity contribution in [2.75, 3.05) is 13.1 Å². The van der Waals surface area contributed by atoms with Crippen molar-refractivity contribution in [2.45, 2.75) is 232 Å². The van der Waals surface area contributed by atoms with E-state index in [1.54, 1.807) is 0 Å². The van der Waals surface area contributed by atoms with Crippen molar-refractivity contribution < 1.29 is 0 Å². The minimum absolute atomic E-state index is 0.640. The molecule has 0 N–H and O–H groups in total. The Balaban J connectivity index is 2.06. The van der Waals surface area contributed by atoms with Gasteiger partial charge in [-0.1, -0.05) is 201 Å². The molecule has 1 heterocycles. The second kappa shape index (κ2) is 31.8. The lowest BCUT2D eigenvalue weighted by molar-refractivity contribution is 0.135. The van der Waals surface area contributed by atoms with Crippen molar-refractivity contribution >= 4 is 0 Å². The van der Waals surface area contributed by atoms with E-state index in [4.69, 9.17) is 0 Å². The number of unbranched alkanes of at least 4 members (excludes halogenated alkanes) is 28. The summed E-state index contributed by atoms with van der Waals surface area (Å²) in [7, 11) is 0. The normalized spacial score (nSPS) is 15.0. The van der Waals surface area contributed by atoms with Gasteiger partial charge in [0.25, 0.3) is 0 Å². The lowest BCUT2D eigenvalue weighted by Gasteiger charge is -2.33. The van der Waals surface area contributed by atoms with E-state index in [0.29, 0.717) is 6.17 Å². The first-order valence-electron chi connectivity index (χ1n) is 20.0. The third-order valence-electron chi connectivity index (χ3n) is 9.82. The van der Waals surface area contributed by atoms with Crippen molar-refractivity contribution in [1.29, 1.82) is 0 Å². The molecule has 0 saturated carbocycles. The maximum atomic E-state index is 2.70. The molecule has 1 aliphatic heterocycles. The van der Waals surface area contributed by atoms with Gasteiger partial charge >= 0.3 is 0 Å². The monoisotopic (exact) mass is 589 g/mol. The van der Waals surface area contributed by atoms with Gasteiger partial charge in [-0.25, -0.2) is 0 Å². The third kappa shape index (κ3) is 23.8. The standard InChI is InChI=1S/C40H80N2/c1-4-7-10-12-14-16-18-20-21-22-23-25-27-29-31-34-37-42-39-38-41(36-33-9-6-3)40(42)35-32-30-28-26-24-19-17-15-13-11-8-5-2/h38-40H,4-37H2,1-3H3. The molecule has 0 saturated heterocycles. The molecule has 0 aromatic carbocycles. The summed E-state index contributed by atoms with van der Waals surface area (Å²) in [5, 5.41) is 0. The molecule has 0 aliphatic carbocycles. The molecule has 250 valence electrons. The zero-order valence-corrected chi connectivity index (χ0v) is 29.7. The predicted molar refractivity (Wildman–Crippen MR) is 191 cm³/mol. The summed E-state index contributed by atoms with van der Waals surface area (Å²) in [6.45, 7) is 9.47. The van der Waals surface area contributed by atoms with Crippen molar-refractivity contribution in [3.8, 4) is 0 Å². The summed E-state index contributed by atoms with van der Waals surface area (Å²) in [6.07, 6.45) is 51.5. The minimum atomic E-state index is 0.640. The van der Waals surface area contributed by atoms with Crippen molar-refractivity contribution in [3.05, 3.63) is 12.4 Å². The molecule has 0 amide bonds. The molecule has 0 radical (unpaired) electrons. The quantitative estimate of drug-likeness (QED) is 0.0690. The molecular formula is C40H80N2. The number of nitrogens with zero attached hydrogens (tertiary/aromatic N) is 2. The molecule has 42 heavy (non-hydrogen) atoms. The van der Waals surface area contributed by atoms with Crippen LogP contribution in [0.25, 0.3) is 0 Å². The predicted octanol–water partition coefficient (Wildman–Crippen LogP) is 13.9. The maximum Gasteiger partial charge on any atom is 0.101 e. The molecule has 1 rings (SSSR count). The molecule has 0 aromatic rings. The van der Waals surface area contributed by atoms with Gasteiger partial charge in [0.1, 0.15) is 6.17 Å². The largest absolute Gasteiger partial charge is 0.356 e. The van der Waals surface area contributed by atoms with Gasteiger partial charge in [-0.3, -0.25) is 0 Å². The fraction of sp³-hybridized carbons (Fsp3) is 0.950. The summed E-state index contributed by atoms with van der Waals surface area (Å²) in [6, 6.07) is 0. The van der Waals surface area contributed by atoms with Gasteiger partial charge in [-0.15, -0.1) is 0 Å². The molecule has 0 bridgehead atoms. The average molecular weight is 589 g/mol. The second-order valence-corrected chi connectivity index (χ2v) is 13.9. The van der Waals surface area contributed by atoms with E-state index in [9.17, 15) is 0 Å². The van der Waals surface area contributed by atoms with Crippen LogP contribution in [0.3, 0.4) is 0 Å². The summed E-state index contributed by atoms with van der Waals surface area (Å²) >= 11 is 0. The molecular weight excluding hydrogens is 508 g/mol. The smallest absolute Gasteiger partial charge is 0.101 e. The Labute approximate surface area is 267 Å². The van der Waals surface area contributed by atoms with Crippen LogP contribution in [0.15, 0.2) is 12.4 Å². The summed E-state index contributed by atoms with van der Waals surface area (Å²) in [4.78, 5) is 5.38. The van der Waals surface area contributed by atoms with E-state index >= 15 is 0 Å². The fourth-order valence-electron chi connectivity index (χ4n) is 6.89. The zero-order valence-electron chi connectivity index (χ0n) is 29.7. The van der Waals surface area contributed by atoms with Crippen LogP contribution >= 0.6 is 0 Å². The lowest BCUT2D eigenvalue weighted by Crippen LogP contribution is -2.39. The average Bonchev–Trinajstić information content (AvgIpc) is 3.38. The van der Waals surface area contributed by atoms with Crippen LogP contribution in [0.1, 0.15) is 226 Å². The van der Waals surface area contributed by atoms with Gasteiger partial charge in [-0.05, 0) is 25.7 Å². The van der Waals surface area contributed by atoms with Crippen LogP contribution in [0.5, 0.6) is 0 Å². The highest BCUT2D eigenvalue weighted by Crippen LogP contribution is 2.24. The molecule has 1 aliphatic rings. The van der Waals surface area contributed by atoms with Gasteiger partial charge in [0, 0.05) is 25.5 Å². The van der Waals surface area contributed by atoms with Crippen molar-refractivity contribution in [1.82, 2.24) is 9.80 Å². The molecule has 0 fully saturated rings. The second-order valence-electron chi connectivity index (χ2n) is 13.9. The van der Waals surface area contributed by atoms with Crippen LogP contribution in [-0.4, -0.2) is 29.1 Å². The first-order chi connectivity index (χ1) is 20.8. The number of hydrogen-bond donors (Lipinski definition) is 0. The summed E-state index contributed by atoms with van der Waals surface area (Å²) in [5.74, 6) is 0. The first-order valence-corrected chi connectivity index (χ1v) is 20.0. The van der Waals surface area contributed by atoms with E-state index in [1.807, 2.05) is 0 Å². The Bertz CT molecular complexity index is 544. The molecule has 1 atom stereocenters. The molecule has 1 unspecified atom stereocenters. The Morgan fingerprint density at radius 3 is 0.881 bits per heavy atom. The molecule has 0 aromatic heterocycles. The molecule has 0 spiro atoms. The topological polar surface area (TPSA) is 6.48 Å². The van der Waals surface area contributed by atoms with Gasteiger partial charge in [0.05, 0.1) is 0 Å². The van der Waals surface area contributed by atoms with Crippen molar-refractivity contribution in [2.24, 2.45) is 0 Å². The SMILES string of the molecule is CCCCCCCCCCCCCCCCCCN1C=CN(CCCCC)C1CCCCCCCCCCCCCC. The van der Waals surface area contributed by atoms with E-state index in [1.165, 1.54) is 219 Å². The third-order valence-corrected chi connectivity index (χ3v) is 9.82. The van der Waals surface area contributed by atoms with Gasteiger partial charge in [0.2, 0.25) is 0 Å². The summed E-state index contributed by atoms with van der Waals surface area (Å²) in [5.41, 5.74) is 0. The maximum absolute atomic E-state index is 2.70. The Hall–Kier alpha value is -0.660. The van der Waals surface area contributed by atoms with Crippen LogP contribution < -0.4 is 0 Å². The van der Waals surface area contributed by atoms with Crippen LogP contribution in [0.2, 0.25) is 0 Å². The zero-order chi connectivity index (χ0) is 30.2. The first kappa shape index (κ1) is 39.4. The van der Waals surface area contributed by atoms with E-state index in [2.05, 4.69) is 43.0 Å². The minimum Gasteiger partial charge on any atom is -0.356 e. The Kier molecular flexibility index (Phi) is 29.8. The van der Waals surface area contributed by atoms with Gasteiger partial charge in [0.15, 0.2) is 0 Å². The molecule has 2 heteroatoms. The van der Waals surface area contributed by atoms with Crippen LogP contribution in [0, 0.1) is 0 Å².